The lowest BCUT2D eigenvalue weighted by Gasteiger charge is -2.24. The molecule has 56 heavy (non-hydrogen) atoms. The van der Waals surface area contributed by atoms with E-state index in [0.717, 1.165) is 24.3 Å². The molecule has 8 atom stereocenters. The summed E-state index contributed by atoms with van der Waals surface area (Å²) in [5.74, 6) is -5.65. The van der Waals surface area contributed by atoms with Gasteiger partial charge in [-0.25, -0.2) is 19.2 Å². The zero-order chi connectivity index (χ0) is 39.7. The highest BCUT2D eigenvalue weighted by Gasteiger charge is 2.37. The lowest BCUT2D eigenvalue weighted by atomic mass is 9.94. The number of hydrogen-bond donors (Lipinski definition) is 2. The molecule has 0 unspecified atom stereocenters. The molecule has 0 aromatic heterocycles. The van der Waals surface area contributed by atoms with E-state index in [4.69, 9.17) is 37.9 Å². The second-order valence-electron chi connectivity index (χ2n) is 13.5. The fourth-order valence-electron chi connectivity index (χ4n) is 5.68. The summed E-state index contributed by atoms with van der Waals surface area (Å²) in [5.41, 5.74) is 0.0240. The Bertz CT molecular complexity index is 1890. The number of epoxide rings is 4. The summed E-state index contributed by atoms with van der Waals surface area (Å²) in [6.45, 7) is 7.29. The van der Waals surface area contributed by atoms with Gasteiger partial charge in [0.1, 0.15) is 35.9 Å². The van der Waals surface area contributed by atoms with Crippen LogP contribution in [0.1, 0.15) is 27.7 Å². The van der Waals surface area contributed by atoms with Gasteiger partial charge < -0.3 is 48.1 Å². The predicted octanol–water partition coefficient (Wildman–Crippen LogP) is 5.43. The van der Waals surface area contributed by atoms with Crippen LogP contribution in [0.3, 0.4) is 0 Å². The number of benzene rings is 3. The Labute approximate surface area is 321 Å². The Morgan fingerprint density at radius 3 is 0.857 bits per heavy atom. The molecule has 3 aromatic carbocycles. The van der Waals surface area contributed by atoms with Gasteiger partial charge in [0.2, 0.25) is 0 Å². The largest absolute Gasteiger partial charge is 0.508 e. The number of phenols is 2. The van der Waals surface area contributed by atoms with Crippen molar-refractivity contribution >= 4 is 23.9 Å². The Kier molecular flexibility index (Phi) is 10.9. The third-order valence-electron chi connectivity index (χ3n) is 9.16. The van der Waals surface area contributed by atoms with Crippen LogP contribution in [0.15, 0.2) is 97.1 Å². The number of hydrogen-bond acceptors (Lipinski definition) is 14. The summed E-state index contributed by atoms with van der Waals surface area (Å²) in [6, 6.07) is 11.0. The molecule has 4 aliphatic rings. The monoisotopic (exact) mass is 766 g/mol. The van der Waals surface area contributed by atoms with E-state index in [0.29, 0.717) is 0 Å². The molecule has 0 amide bonds. The fraction of sp³-hybridized carbons (Fsp3) is 0.286. The first-order chi connectivity index (χ1) is 26.8. The Morgan fingerprint density at radius 2 is 0.661 bits per heavy atom. The number of ether oxygens (including phenoxy) is 8. The van der Waals surface area contributed by atoms with E-state index in [1.54, 1.807) is 0 Å². The van der Waals surface area contributed by atoms with E-state index in [1.807, 2.05) is 27.7 Å². The molecule has 7 rings (SSSR count). The average molecular weight is 767 g/mol. The molecular formula is C42H38O14. The summed E-state index contributed by atoms with van der Waals surface area (Å²) < 4.78 is 45.6. The minimum atomic E-state index is -0.930. The second kappa shape index (κ2) is 16.0. The highest BCUT2D eigenvalue weighted by atomic mass is 16.6. The van der Waals surface area contributed by atoms with Crippen molar-refractivity contribution in [2.45, 2.75) is 76.5 Å². The van der Waals surface area contributed by atoms with Crippen molar-refractivity contribution < 1.29 is 67.3 Å². The van der Waals surface area contributed by atoms with Crippen LogP contribution in [0, 0.1) is 0 Å². The third kappa shape index (κ3) is 9.41. The van der Waals surface area contributed by atoms with Crippen molar-refractivity contribution in [3.8, 4) is 56.8 Å². The topological polar surface area (TPSA) is 196 Å². The van der Waals surface area contributed by atoms with Crippen LogP contribution in [0.5, 0.6) is 34.5 Å². The number of aromatic hydroxyl groups is 2. The number of phenolic OH excluding ortho intramolecular Hbond substituents is 2. The molecule has 4 aliphatic heterocycles. The standard InChI is InChI=1S/C42H38O14/c1-21-29(49-21)13-17-33(45)53-39-37(25-5-9-27(43)10-6-25)41(55-35(47)19-15-31-23(3)51-31)42(56-36(48)20-16-32-24(4)52-32)38(26-7-11-28(44)12-8-26)40(39)54-34(46)18-14-30-22(2)50-30/h5-24,29-32,43-44H,1-4H3/b17-13-,18-14-,19-15-,20-16-/t21-,22-,23-,24+,29-,30-,31-,32+/m0/s1. The SMILES string of the molecule is C[C@@H]1O[C@H]1/C=C\C(=O)Oc1c(OC(=O)/C=C\[C@@H]2O[C@H]2C)c(-c2ccc(O)cc2)c(OC(=O)/C=C\[C@H]2O[C@@H]2C)c(OC(=O)/C=C\[C@@H]2O[C@H]2C)c1-c1ccc(O)cc1. The molecule has 2 N–H and O–H groups in total. The van der Waals surface area contributed by atoms with E-state index < -0.39 is 46.9 Å². The molecule has 4 fully saturated rings. The van der Waals surface area contributed by atoms with Crippen LogP contribution in [-0.2, 0) is 38.1 Å². The molecule has 0 radical (unpaired) electrons. The van der Waals surface area contributed by atoms with Crippen LogP contribution in [0.25, 0.3) is 22.3 Å². The maximum Gasteiger partial charge on any atom is 0.336 e. The summed E-state index contributed by atoms with van der Waals surface area (Å²) in [5, 5.41) is 20.5. The molecule has 3 aromatic rings. The van der Waals surface area contributed by atoms with Crippen molar-refractivity contribution in [1.29, 1.82) is 0 Å². The van der Waals surface area contributed by atoms with Gasteiger partial charge in [0.15, 0.2) is 23.0 Å². The van der Waals surface area contributed by atoms with Gasteiger partial charge in [0.05, 0.1) is 35.5 Å². The molecule has 0 aliphatic carbocycles. The Morgan fingerprint density at radius 1 is 0.446 bits per heavy atom. The van der Waals surface area contributed by atoms with Crippen molar-refractivity contribution in [2.75, 3.05) is 0 Å². The molecule has 0 bridgehead atoms. The molecular weight excluding hydrogens is 728 g/mol. The second-order valence-corrected chi connectivity index (χ2v) is 13.5. The van der Waals surface area contributed by atoms with Crippen LogP contribution in [0.2, 0.25) is 0 Å². The fourth-order valence-corrected chi connectivity index (χ4v) is 5.68. The maximum absolute atomic E-state index is 13.6. The van der Waals surface area contributed by atoms with Crippen molar-refractivity contribution in [2.24, 2.45) is 0 Å². The third-order valence-corrected chi connectivity index (χ3v) is 9.16. The van der Waals surface area contributed by atoms with Gasteiger partial charge in [0.25, 0.3) is 0 Å². The Balaban J connectivity index is 1.48. The summed E-state index contributed by atoms with van der Waals surface area (Å²) in [4.78, 5) is 54.5. The number of rotatable bonds is 14. The number of esters is 4. The molecule has 0 saturated carbocycles. The van der Waals surface area contributed by atoms with Gasteiger partial charge in [-0.1, -0.05) is 24.3 Å². The van der Waals surface area contributed by atoms with E-state index in [9.17, 15) is 29.4 Å². The first kappa shape index (κ1) is 38.2. The number of carbonyl (C=O) groups is 4. The van der Waals surface area contributed by atoms with Gasteiger partial charge in [0, 0.05) is 24.3 Å². The summed E-state index contributed by atoms with van der Waals surface area (Å²) in [7, 11) is 0. The van der Waals surface area contributed by atoms with Gasteiger partial charge in [-0.3, -0.25) is 0 Å². The van der Waals surface area contributed by atoms with Crippen LogP contribution in [0.4, 0.5) is 0 Å². The van der Waals surface area contributed by atoms with E-state index in [2.05, 4.69) is 0 Å². The van der Waals surface area contributed by atoms with Crippen LogP contribution >= 0.6 is 0 Å². The van der Waals surface area contributed by atoms with Gasteiger partial charge >= 0.3 is 23.9 Å². The van der Waals surface area contributed by atoms with Gasteiger partial charge in [-0.15, -0.1) is 0 Å². The van der Waals surface area contributed by atoms with Crippen molar-refractivity contribution in [1.82, 2.24) is 0 Å². The summed E-state index contributed by atoms with van der Waals surface area (Å²) in [6.07, 6.45) is 8.75. The zero-order valence-corrected chi connectivity index (χ0v) is 30.6. The average Bonchev–Trinajstić information content (AvgIpc) is 4.06. The van der Waals surface area contributed by atoms with E-state index in [-0.39, 0.29) is 82.6 Å². The van der Waals surface area contributed by atoms with Crippen molar-refractivity contribution in [3.05, 3.63) is 97.1 Å². The van der Waals surface area contributed by atoms with E-state index in [1.165, 1.54) is 72.8 Å². The van der Waals surface area contributed by atoms with Crippen LogP contribution in [-0.4, -0.2) is 82.9 Å². The molecule has 14 heteroatoms. The zero-order valence-electron chi connectivity index (χ0n) is 30.6. The quantitative estimate of drug-likeness (QED) is 0.0913. The minimum absolute atomic E-state index is 0.116. The first-order valence-corrected chi connectivity index (χ1v) is 17.9. The van der Waals surface area contributed by atoms with Crippen molar-refractivity contribution in [3.63, 3.8) is 0 Å². The lowest BCUT2D eigenvalue weighted by Crippen LogP contribution is -2.16. The lowest BCUT2D eigenvalue weighted by molar-refractivity contribution is -0.132. The van der Waals surface area contributed by atoms with E-state index >= 15 is 0 Å². The molecule has 290 valence electrons. The van der Waals surface area contributed by atoms with Crippen LogP contribution < -0.4 is 18.9 Å². The van der Waals surface area contributed by atoms with Gasteiger partial charge in [-0.2, -0.15) is 0 Å². The minimum Gasteiger partial charge on any atom is -0.508 e. The molecule has 14 nitrogen and oxygen atoms in total. The highest BCUT2D eigenvalue weighted by Crippen LogP contribution is 2.57. The predicted molar refractivity (Wildman–Crippen MR) is 197 cm³/mol. The Hall–Kier alpha value is -6.06. The first-order valence-electron chi connectivity index (χ1n) is 17.9. The molecule has 4 saturated heterocycles. The molecule has 0 spiro atoms. The highest BCUT2D eigenvalue weighted by molar-refractivity contribution is 6.01. The number of carbonyl (C=O) groups excluding carboxylic acids is 4. The maximum atomic E-state index is 13.6. The normalized spacial score (nSPS) is 26.1. The smallest absolute Gasteiger partial charge is 0.336 e. The summed E-state index contributed by atoms with van der Waals surface area (Å²) >= 11 is 0. The van der Waals surface area contributed by atoms with Gasteiger partial charge in [-0.05, 0) is 87.4 Å². The molecule has 4 heterocycles.